The van der Waals surface area contributed by atoms with Crippen molar-refractivity contribution in [2.75, 3.05) is 7.11 Å². The molecule has 0 aliphatic rings. The van der Waals surface area contributed by atoms with Crippen molar-refractivity contribution in [1.82, 2.24) is 9.97 Å². The number of hydrogen-bond donors (Lipinski definition) is 1. The largest absolute Gasteiger partial charge is 0.373 e. The van der Waals surface area contributed by atoms with Crippen LogP contribution in [0, 0.1) is 0 Å². The first-order valence-electron chi connectivity index (χ1n) is 3.25. The Morgan fingerprint density at radius 3 is 3.18 bits per heavy atom. The zero-order chi connectivity index (χ0) is 8.10. The number of carbonyl (C=O) groups excluding carboxylic acids is 1. The topological polar surface area (TPSA) is 55.0 Å². The maximum atomic E-state index is 10.2. The van der Waals surface area contributed by atoms with Crippen molar-refractivity contribution in [3.63, 3.8) is 0 Å². The predicted molar refractivity (Wildman–Crippen MR) is 38.8 cm³/mol. The first-order chi connectivity index (χ1) is 5.36. The van der Waals surface area contributed by atoms with Crippen molar-refractivity contribution >= 4 is 6.29 Å². The molecule has 1 aromatic heterocycles. The van der Waals surface area contributed by atoms with Crippen molar-refractivity contribution in [2.24, 2.45) is 0 Å². The standard InChI is InChI=1S/C7H9N2O2/c1-11-7(4-10)2-6-3-8-5-9-6/h3,5,7H,2H2,1H3,(H,8,9)/t7-/m1/s1. The monoisotopic (exact) mass is 153 g/mol. The summed E-state index contributed by atoms with van der Waals surface area (Å²) in [5.41, 5.74) is 0.806. The molecular weight excluding hydrogens is 144 g/mol. The molecule has 1 heterocycles. The highest BCUT2D eigenvalue weighted by Gasteiger charge is 2.08. The molecule has 1 radical (unpaired) electrons. The fourth-order valence-corrected chi connectivity index (χ4v) is 0.766. The summed E-state index contributed by atoms with van der Waals surface area (Å²) in [5, 5.41) is 0. The highest BCUT2D eigenvalue weighted by molar-refractivity contribution is 5.57. The molecule has 0 saturated carbocycles. The minimum Gasteiger partial charge on any atom is -0.373 e. The molecule has 0 fully saturated rings. The van der Waals surface area contributed by atoms with Crippen molar-refractivity contribution in [2.45, 2.75) is 12.5 Å². The van der Waals surface area contributed by atoms with Crippen LogP contribution < -0.4 is 0 Å². The summed E-state index contributed by atoms with van der Waals surface area (Å²) in [6.45, 7) is 0. The van der Waals surface area contributed by atoms with E-state index in [4.69, 9.17) is 4.74 Å². The van der Waals surface area contributed by atoms with Crippen LogP contribution in [0.2, 0.25) is 0 Å². The summed E-state index contributed by atoms with van der Waals surface area (Å²) in [7, 11) is 1.47. The number of rotatable bonds is 4. The number of hydrogen-bond acceptors (Lipinski definition) is 3. The van der Waals surface area contributed by atoms with Crippen LogP contribution in [0.1, 0.15) is 5.69 Å². The second-order valence-electron chi connectivity index (χ2n) is 2.11. The van der Waals surface area contributed by atoms with Crippen LogP contribution >= 0.6 is 0 Å². The van der Waals surface area contributed by atoms with E-state index in [2.05, 4.69) is 9.97 Å². The van der Waals surface area contributed by atoms with Gasteiger partial charge in [0.05, 0.1) is 12.0 Å². The Balaban J connectivity index is 2.47. The maximum Gasteiger partial charge on any atom is 0.230 e. The van der Waals surface area contributed by atoms with E-state index in [1.807, 2.05) is 0 Å². The van der Waals surface area contributed by atoms with Crippen LogP contribution in [0.15, 0.2) is 12.5 Å². The van der Waals surface area contributed by atoms with Gasteiger partial charge in [-0.05, 0) is 0 Å². The van der Waals surface area contributed by atoms with Gasteiger partial charge in [-0.3, -0.25) is 4.79 Å². The van der Waals surface area contributed by atoms with Gasteiger partial charge in [-0.15, -0.1) is 0 Å². The van der Waals surface area contributed by atoms with E-state index < -0.39 is 6.10 Å². The molecule has 1 atom stereocenters. The number of nitrogens with zero attached hydrogens (tertiary/aromatic N) is 1. The first-order valence-corrected chi connectivity index (χ1v) is 3.25. The van der Waals surface area contributed by atoms with Crippen LogP contribution in [0.4, 0.5) is 0 Å². The highest BCUT2D eigenvalue weighted by atomic mass is 16.5. The molecule has 0 saturated heterocycles. The number of H-pyrrole nitrogens is 1. The first kappa shape index (κ1) is 7.94. The van der Waals surface area contributed by atoms with Gasteiger partial charge in [-0.2, -0.15) is 0 Å². The fourth-order valence-electron chi connectivity index (χ4n) is 0.766. The summed E-state index contributed by atoms with van der Waals surface area (Å²) >= 11 is 0. The smallest absolute Gasteiger partial charge is 0.230 e. The minimum atomic E-state index is -0.502. The van der Waals surface area contributed by atoms with Crippen molar-refractivity contribution < 1.29 is 9.53 Å². The molecule has 0 aromatic carbocycles. The van der Waals surface area contributed by atoms with Gasteiger partial charge < -0.3 is 9.72 Å². The lowest BCUT2D eigenvalue weighted by molar-refractivity contribution is 0.152. The number of imidazole rings is 1. The van der Waals surface area contributed by atoms with Gasteiger partial charge >= 0.3 is 0 Å². The molecule has 0 bridgehead atoms. The lowest BCUT2D eigenvalue weighted by Crippen LogP contribution is -2.15. The number of ether oxygens (including phenoxy) is 1. The molecule has 0 spiro atoms. The molecule has 0 aliphatic carbocycles. The summed E-state index contributed by atoms with van der Waals surface area (Å²) in [6.07, 6.45) is 5.03. The van der Waals surface area contributed by atoms with E-state index in [9.17, 15) is 4.79 Å². The van der Waals surface area contributed by atoms with E-state index in [1.54, 1.807) is 18.8 Å². The zero-order valence-corrected chi connectivity index (χ0v) is 6.20. The Morgan fingerprint density at radius 1 is 1.91 bits per heavy atom. The van der Waals surface area contributed by atoms with Gasteiger partial charge in [0.1, 0.15) is 6.10 Å². The van der Waals surface area contributed by atoms with E-state index in [-0.39, 0.29) is 0 Å². The molecule has 1 aromatic rings. The second-order valence-corrected chi connectivity index (χ2v) is 2.11. The predicted octanol–water partition coefficient (Wildman–Crippen LogP) is 0.0769. The number of methoxy groups -OCH3 is 1. The Hall–Kier alpha value is -1.16. The Bertz CT molecular complexity index is 208. The second kappa shape index (κ2) is 3.88. The van der Waals surface area contributed by atoms with Crippen LogP contribution in [0.3, 0.4) is 0 Å². The Labute approximate surface area is 64.6 Å². The van der Waals surface area contributed by atoms with Gasteiger partial charge in [0, 0.05) is 19.7 Å². The van der Waals surface area contributed by atoms with Crippen molar-refractivity contribution in [3.05, 3.63) is 18.2 Å². The fraction of sp³-hybridized carbons (Fsp3) is 0.429. The maximum absolute atomic E-state index is 10.2. The third kappa shape index (κ3) is 2.16. The quantitative estimate of drug-likeness (QED) is 0.666. The van der Waals surface area contributed by atoms with Gasteiger partial charge in [0.15, 0.2) is 0 Å². The molecule has 1 N–H and O–H groups in total. The Morgan fingerprint density at radius 2 is 2.73 bits per heavy atom. The third-order valence-corrected chi connectivity index (χ3v) is 1.37. The van der Waals surface area contributed by atoms with Crippen LogP contribution in [-0.2, 0) is 16.0 Å². The highest BCUT2D eigenvalue weighted by Crippen LogP contribution is 1.98. The van der Waals surface area contributed by atoms with E-state index in [0.717, 1.165) is 5.69 Å². The van der Waals surface area contributed by atoms with E-state index in [1.165, 1.54) is 7.11 Å². The number of aromatic amines is 1. The normalized spacial score (nSPS) is 12.8. The molecule has 4 heteroatoms. The Kier molecular flexibility index (Phi) is 2.80. The molecule has 11 heavy (non-hydrogen) atoms. The zero-order valence-electron chi connectivity index (χ0n) is 6.20. The van der Waals surface area contributed by atoms with Crippen LogP contribution in [-0.4, -0.2) is 29.5 Å². The number of nitrogens with one attached hydrogen (secondary N) is 1. The van der Waals surface area contributed by atoms with Crippen LogP contribution in [0.25, 0.3) is 0 Å². The lowest BCUT2D eigenvalue weighted by atomic mass is 10.2. The van der Waals surface area contributed by atoms with Crippen molar-refractivity contribution in [3.8, 4) is 0 Å². The van der Waals surface area contributed by atoms with Gasteiger partial charge in [-0.1, -0.05) is 0 Å². The SMILES string of the molecule is CO[C@@H]([C]=O)Cc1c[nH]cn1. The third-order valence-electron chi connectivity index (χ3n) is 1.37. The minimum absolute atomic E-state index is 0.476. The summed E-state index contributed by atoms with van der Waals surface area (Å²) in [4.78, 5) is 16.9. The van der Waals surface area contributed by atoms with E-state index >= 15 is 0 Å². The lowest BCUT2D eigenvalue weighted by Gasteiger charge is -2.02. The molecular formula is C7H9N2O2. The molecule has 4 nitrogen and oxygen atoms in total. The molecule has 1 rings (SSSR count). The van der Waals surface area contributed by atoms with Crippen molar-refractivity contribution in [1.29, 1.82) is 0 Å². The summed E-state index contributed by atoms with van der Waals surface area (Å²) < 4.78 is 4.80. The molecule has 59 valence electrons. The molecule has 0 unspecified atom stereocenters. The van der Waals surface area contributed by atoms with Gasteiger partial charge in [0.2, 0.25) is 6.29 Å². The molecule has 0 amide bonds. The van der Waals surface area contributed by atoms with E-state index in [0.29, 0.717) is 6.42 Å². The van der Waals surface area contributed by atoms with Crippen LogP contribution in [0.5, 0.6) is 0 Å². The summed E-state index contributed by atoms with van der Waals surface area (Å²) in [6, 6.07) is 0. The average Bonchev–Trinajstić information content (AvgIpc) is 2.52. The summed E-state index contributed by atoms with van der Waals surface area (Å²) in [5.74, 6) is 0. The average molecular weight is 153 g/mol. The van der Waals surface area contributed by atoms with Gasteiger partial charge in [0.25, 0.3) is 0 Å². The number of aromatic nitrogens is 2. The van der Waals surface area contributed by atoms with Gasteiger partial charge in [-0.25, -0.2) is 4.98 Å². The molecule has 0 aliphatic heterocycles.